The minimum absolute atomic E-state index is 0.434. The Balaban J connectivity index is 1.53. The predicted octanol–water partition coefficient (Wildman–Crippen LogP) is 2.19. The smallest absolute Gasteiger partial charge is 0.158 e. The topological polar surface area (TPSA) is 39.0 Å². The average Bonchev–Trinajstić information content (AvgIpc) is 3.11. The van der Waals surface area contributed by atoms with Gasteiger partial charge >= 0.3 is 0 Å². The van der Waals surface area contributed by atoms with E-state index >= 15 is 0 Å². The summed E-state index contributed by atoms with van der Waals surface area (Å²) in [7, 11) is 0. The molecule has 0 amide bonds. The standard InChI is InChI=1S/C16H19NO2/c1-2-5-13(6-3-1)16-9-8-15(19-16)12-17-11-14-7-4-10-18-14/h1-3,5-6,8-9,14,17H,4,7,10-12H2/p+1/t14-/m1/s1. The third-order valence-corrected chi connectivity index (χ3v) is 3.52. The van der Waals surface area contributed by atoms with Gasteiger partial charge < -0.3 is 14.5 Å². The van der Waals surface area contributed by atoms with Crippen molar-refractivity contribution in [3.63, 3.8) is 0 Å². The van der Waals surface area contributed by atoms with Crippen molar-refractivity contribution in [3.8, 4) is 11.3 Å². The van der Waals surface area contributed by atoms with E-state index in [1.54, 1.807) is 0 Å². The second-order valence-electron chi connectivity index (χ2n) is 5.00. The van der Waals surface area contributed by atoms with Crippen LogP contribution in [0.1, 0.15) is 18.6 Å². The largest absolute Gasteiger partial charge is 0.455 e. The first-order valence-corrected chi connectivity index (χ1v) is 6.99. The van der Waals surface area contributed by atoms with Crippen LogP contribution in [0, 0.1) is 0 Å². The molecule has 3 heteroatoms. The Morgan fingerprint density at radius 3 is 2.79 bits per heavy atom. The maximum atomic E-state index is 5.86. The Bertz CT molecular complexity index is 500. The molecule has 1 fully saturated rings. The van der Waals surface area contributed by atoms with Crippen molar-refractivity contribution < 1.29 is 14.5 Å². The zero-order valence-electron chi connectivity index (χ0n) is 11.0. The second kappa shape index (κ2) is 6.04. The Labute approximate surface area is 113 Å². The van der Waals surface area contributed by atoms with E-state index in [1.807, 2.05) is 24.3 Å². The van der Waals surface area contributed by atoms with Gasteiger partial charge in [-0.3, -0.25) is 0 Å². The van der Waals surface area contributed by atoms with Gasteiger partial charge in [0.1, 0.15) is 25.0 Å². The van der Waals surface area contributed by atoms with Crippen molar-refractivity contribution in [2.45, 2.75) is 25.5 Å². The summed E-state index contributed by atoms with van der Waals surface area (Å²) in [5.41, 5.74) is 1.13. The van der Waals surface area contributed by atoms with E-state index in [0.29, 0.717) is 6.10 Å². The highest BCUT2D eigenvalue weighted by Gasteiger charge is 2.17. The first-order valence-electron chi connectivity index (χ1n) is 6.99. The lowest BCUT2D eigenvalue weighted by molar-refractivity contribution is -0.677. The van der Waals surface area contributed by atoms with E-state index in [1.165, 1.54) is 12.8 Å². The molecule has 0 bridgehead atoms. The van der Waals surface area contributed by atoms with Gasteiger partial charge in [-0.15, -0.1) is 0 Å². The molecule has 1 aromatic carbocycles. The lowest BCUT2D eigenvalue weighted by atomic mass is 10.2. The fourth-order valence-corrected chi connectivity index (χ4v) is 2.49. The summed E-state index contributed by atoms with van der Waals surface area (Å²) in [4.78, 5) is 0. The first kappa shape index (κ1) is 12.5. The number of hydrogen-bond donors (Lipinski definition) is 1. The van der Waals surface area contributed by atoms with Crippen molar-refractivity contribution in [1.29, 1.82) is 0 Å². The molecule has 0 aliphatic carbocycles. The van der Waals surface area contributed by atoms with Gasteiger partial charge in [-0.25, -0.2) is 0 Å². The van der Waals surface area contributed by atoms with Crippen LogP contribution in [0.4, 0.5) is 0 Å². The van der Waals surface area contributed by atoms with E-state index in [-0.39, 0.29) is 0 Å². The second-order valence-corrected chi connectivity index (χ2v) is 5.00. The Morgan fingerprint density at radius 1 is 1.11 bits per heavy atom. The molecule has 3 rings (SSSR count). The van der Waals surface area contributed by atoms with E-state index in [0.717, 1.165) is 36.8 Å². The number of furan rings is 1. The first-order chi connectivity index (χ1) is 9.42. The molecule has 1 aromatic heterocycles. The lowest BCUT2D eigenvalue weighted by Crippen LogP contribution is -2.84. The van der Waals surface area contributed by atoms with E-state index < -0.39 is 0 Å². The SMILES string of the molecule is c1ccc(-c2ccc(C[NH2+]C[C@H]3CCCO3)o2)cc1. The normalized spacial score (nSPS) is 18.8. The van der Waals surface area contributed by atoms with Crippen LogP contribution in [0.2, 0.25) is 0 Å². The van der Waals surface area contributed by atoms with Gasteiger partial charge in [0.25, 0.3) is 0 Å². The molecule has 3 nitrogen and oxygen atoms in total. The summed E-state index contributed by atoms with van der Waals surface area (Å²) in [6.07, 6.45) is 2.84. The molecule has 0 spiro atoms. The quantitative estimate of drug-likeness (QED) is 0.893. The van der Waals surface area contributed by atoms with Gasteiger partial charge in [-0.1, -0.05) is 30.3 Å². The summed E-state index contributed by atoms with van der Waals surface area (Å²) in [5.74, 6) is 1.97. The van der Waals surface area contributed by atoms with E-state index in [9.17, 15) is 0 Å². The fourth-order valence-electron chi connectivity index (χ4n) is 2.49. The van der Waals surface area contributed by atoms with Crippen molar-refractivity contribution in [2.75, 3.05) is 13.2 Å². The number of nitrogens with two attached hydrogens (primary N) is 1. The van der Waals surface area contributed by atoms with Crippen LogP contribution in [-0.4, -0.2) is 19.3 Å². The van der Waals surface area contributed by atoms with Crippen LogP contribution in [0.3, 0.4) is 0 Å². The van der Waals surface area contributed by atoms with Crippen molar-refractivity contribution in [3.05, 3.63) is 48.2 Å². The monoisotopic (exact) mass is 258 g/mol. The number of hydrogen-bond acceptors (Lipinski definition) is 2. The van der Waals surface area contributed by atoms with Gasteiger partial charge in [-0.05, 0) is 25.0 Å². The molecule has 0 unspecified atom stereocenters. The zero-order chi connectivity index (χ0) is 12.9. The van der Waals surface area contributed by atoms with Gasteiger partial charge in [-0.2, -0.15) is 0 Å². The summed E-state index contributed by atoms with van der Waals surface area (Å²) in [6.45, 7) is 2.84. The highest BCUT2D eigenvalue weighted by molar-refractivity contribution is 5.57. The van der Waals surface area contributed by atoms with Gasteiger partial charge in [0, 0.05) is 12.2 Å². The molecule has 19 heavy (non-hydrogen) atoms. The molecule has 100 valence electrons. The van der Waals surface area contributed by atoms with Crippen molar-refractivity contribution in [2.24, 2.45) is 0 Å². The van der Waals surface area contributed by atoms with Crippen LogP contribution in [-0.2, 0) is 11.3 Å². The molecule has 2 aromatic rings. The summed E-state index contributed by atoms with van der Waals surface area (Å²) in [5, 5.41) is 2.27. The molecule has 1 saturated heterocycles. The average molecular weight is 258 g/mol. The Morgan fingerprint density at radius 2 is 2.00 bits per heavy atom. The van der Waals surface area contributed by atoms with Crippen molar-refractivity contribution in [1.82, 2.24) is 0 Å². The van der Waals surface area contributed by atoms with Crippen LogP contribution in [0.15, 0.2) is 46.9 Å². The third kappa shape index (κ3) is 3.25. The molecule has 0 radical (unpaired) electrons. The zero-order valence-corrected chi connectivity index (χ0v) is 11.0. The Hall–Kier alpha value is -1.58. The maximum Gasteiger partial charge on any atom is 0.158 e. The lowest BCUT2D eigenvalue weighted by Gasteiger charge is -2.06. The van der Waals surface area contributed by atoms with Crippen molar-refractivity contribution >= 4 is 0 Å². The minimum atomic E-state index is 0.434. The maximum absolute atomic E-state index is 5.86. The van der Waals surface area contributed by atoms with Crippen LogP contribution < -0.4 is 5.32 Å². The van der Waals surface area contributed by atoms with Crippen LogP contribution >= 0.6 is 0 Å². The number of ether oxygens (including phenoxy) is 1. The van der Waals surface area contributed by atoms with Gasteiger partial charge in [0.2, 0.25) is 0 Å². The van der Waals surface area contributed by atoms with E-state index in [4.69, 9.17) is 9.15 Å². The summed E-state index contributed by atoms with van der Waals surface area (Å²) in [6, 6.07) is 14.3. The molecule has 1 atom stereocenters. The molecule has 2 heterocycles. The number of quaternary nitrogens is 1. The molecule has 2 N–H and O–H groups in total. The highest BCUT2D eigenvalue weighted by atomic mass is 16.5. The Kier molecular flexibility index (Phi) is 3.96. The molecule has 0 saturated carbocycles. The minimum Gasteiger partial charge on any atom is -0.455 e. The molecular weight excluding hydrogens is 238 g/mol. The highest BCUT2D eigenvalue weighted by Crippen LogP contribution is 2.21. The van der Waals surface area contributed by atoms with Crippen LogP contribution in [0.25, 0.3) is 11.3 Å². The molecule has 1 aliphatic heterocycles. The van der Waals surface area contributed by atoms with Gasteiger partial charge in [0.05, 0.1) is 0 Å². The van der Waals surface area contributed by atoms with E-state index in [2.05, 4.69) is 23.5 Å². The number of benzene rings is 1. The molecular formula is C16H20NO2+. The fraction of sp³-hybridized carbons (Fsp3) is 0.375. The molecule has 1 aliphatic rings. The predicted molar refractivity (Wildman–Crippen MR) is 73.6 cm³/mol. The van der Waals surface area contributed by atoms with Crippen LogP contribution in [0.5, 0.6) is 0 Å². The number of rotatable bonds is 5. The van der Waals surface area contributed by atoms with Gasteiger partial charge in [0.15, 0.2) is 5.76 Å². The summed E-state index contributed by atoms with van der Waals surface area (Å²) >= 11 is 0. The summed E-state index contributed by atoms with van der Waals surface area (Å²) < 4.78 is 11.5. The third-order valence-electron chi connectivity index (χ3n) is 3.52.